The van der Waals surface area contributed by atoms with E-state index < -0.39 is 6.09 Å². The van der Waals surface area contributed by atoms with Gasteiger partial charge in [-0.1, -0.05) is 12.1 Å². The van der Waals surface area contributed by atoms with Crippen molar-refractivity contribution in [2.45, 2.75) is 6.10 Å². The minimum absolute atomic E-state index is 0.181. The summed E-state index contributed by atoms with van der Waals surface area (Å²) in [7, 11) is 0. The number of hydrogen-bond donors (Lipinski definition) is 2. The molecule has 68 valence electrons. The van der Waals surface area contributed by atoms with Crippen molar-refractivity contribution in [1.82, 2.24) is 5.32 Å². The van der Waals surface area contributed by atoms with Gasteiger partial charge in [0.15, 0.2) is 0 Å². The van der Waals surface area contributed by atoms with Crippen LogP contribution in [0.4, 0.5) is 4.79 Å². The number of alkyl carbamates (subject to hydrolysis) is 1. The molecule has 1 aromatic carbocycles. The Kier molecular flexibility index (Phi) is 1.81. The maximum absolute atomic E-state index is 10.7. The first-order chi connectivity index (χ1) is 6.25. The zero-order valence-corrected chi connectivity index (χ0v) is 6.86. The topological polar surface area (TPSA) is 58.6 Å². The summed E-state index contributed by atoms with van der Waals surface area (Å²) < 4.78 is 4.94. The Bertz CT molecular complexity index is 337. The molecule has 1 heterocycles. The number of carbonyl (C=O) groups excluding carboxylic acids is 1. The summed E-state index contributed by atoms with van der Waals surface area (Å²) in [6.07, 6.45) is -0.687. The monoisotopic (exact) mass is 179 g/mol. The first-order valence-electron chi connectivity index (χ1n) is 3.99. The van der Waals surface area contributed by atoms with E-state index in [0.29, 0.717) is 6.54 Å². The number of rotatable bonds is 1. The molecule has 0 bridgehead atoms. The number of phenols is 1. The van der Waals surface area contributed by atoms with E-state index in [0.717, 1.165) is 5.56 Å². The van der Waals surface area contributed by atoms with Crippen LogP contribution < -0.4 is 5.32 Å². The fourth-order valence-electron chi connectivity index (χ4n) is 1.30. The second kappa shape index (κ2) is 2.97. The lowest BCUT2D eigenvalue weighted by Crippen LogP contribution is -2.12. The molecule has 2 N–H and O–H groups in total. The summed E-state index contributed by atoms with van der Waals surface area (Å²) in [5.41, 5.74) is 0.804. The predicted molar refractivity (Wildman–Crippen MR) is 45.3 cm³/mol. The number of aromatic hydroxyl groups is 1. The molecule has 0 saturated carbocycles. The van der Waals surface area contributed by atoms with E-state index in [9.17, 15) is 9.90 Å². The quantitative estimate of drug-likeness (QED) is 0.680. The summed E-state index contributed by atoms with van der Waals surface area (Å²) in [6.45, 7) is 0.461. The molecule has 1 aliphatic rings. The molecule has 1 saturated heterocycles. The molecule has 1 aromatic rings. The van der Waals surface area contributed by atoms with Crippen LogP contribution in [0, 0.1) is 0 Å². The van der Waals surface area contributed by atoms with E-state index in [1.807, 2.05) is 6.07 Å². The van der Waals surface area contributed by atoms with Crippen molar-refractivity contribution in [3.05, 3.63) is 29.8 Å². The first kappa shape index (κ1) is 7.91. The molecule has 0 radical (unpaired) electrons. The van der Waals surface area contributed by atoms with Crippen LogP contribution in [0.1, 0.15) is 11.7 Å². The summed E-state index contributed by atoms with van der Waals surface area (Å²) >= 11 is 0. The smallest absolute Gasteiger partial charge is 0.407 e. The van der Waals surface area contributed by atoms with Crippen molar-refractivity contribution in [3.8, 4) is 5.75 Å². The minimum Gasteiger partial charge on any atom is -0.508 e. The number of amides is 1. The molecule has 1 aliphatic heterocycles. The Hall–Kier alpha value is -1.71. The molecule has 13 heavy (non-hydrogen) atoms. The van der Waals surface area contributed by atoms with Gasteiger partial charge in [-0.05, 0) is 17.7 Å². The molecule has 4 heteroatoms. The third-order valence-electron chi connectivity index (χ3n) is 1.92. The maximum Gasteiger partial charge on any atom is 0.407 e. The average molecular weight is 179 g/mol. The Morgan fingerprint density at radius 1 is 1.54 bits per heavy atom. The van der Waals surface area contributed by atoms with Gasteiger partial charge < -0.3 is 15.2 Å². The van der Waals surface area contributed by atoms with Crippen molar-refractivity contribution in [1.29, 1.82) is 0 Å². The fraction of sp³-hybridized carbons (Fsp3) is 0.222. The van der Waals surface area contributed by atoms with Crippen molar-refractivity contribution < 1.29 is 14.6 Å². The molecule has 1 fully saturated rings. The van der Waals surface area contributed by atoms with Gasteiger partial charge >= 0.3 is 6.09 Å². The van der Waals surface area contributed by atoms with Crippen LogP contribution >= 0.6 is 0 Å². The highest BCUT2D eigenvalue weighted by atomic mass is 16.6. The minimum atomic E-state index is -0.409. The van der Waals surface area contributed by atoms with Crippen LogP contribution in [0.3, 0.4) is 0 Å². The zero-order chi connectivity index (χ0) is 9.26. The van der Waals surface area contributed by atoms with Gasteiger partial charge in [0.05, 0.1) is 6.54 Å². The molecular weight excluding hydrogens is 170 g/mol. The third-order valence-corrected chi connectivity index (χ3v) is 1.92. The first-order valence-corrected chi connectivity index (χ1v) is 3.99. The molecule has 0 aromatic heterocycles. The van der Waals surface area contributed by atoms with Crippen LogP contribution in [-0.2, 0) is 4.74 Å². The number of hydrogen-bond acceptors (Lipinski definition) is 3. The molecule has 2 rings (SSSR count). The Labute approximate surface area is 75.1 Å². The van der Waals surface area contributed by atoms with Crippen LogP contribution in [0.5, 0.6) is 5.75 Å². The third kappa shape index (κ3) is 1.56. The Morgan fingerprint density at radius 3 is 3.00 bits per heavy atom. The molecule has 4 nitrogen and oxygen atoms in total. The largest absolute Gasteiger partial charge is 0.508 e. The van der Waals surface area contributed by atoms with E-state index in [2.05, 4.69) is 5.32 Å². The van der Waals surface area contributed by atoms with E-state index >= 15 is 0 Å². The van der Waals surface area contributed by atoms with E-state index in [1.165, 1.54) is 0 Å². The molecule has 0 spiro atoms. The summed E-state index contributed by atoms with van der Waals surface area (Å²) in [6, 6.07) is 6.69. The predicted octanol–water partition coefficient (Wildman–Crippen LogP) is 1.17. The normalized spacial score (nSPS) is 20.9. The highest BCUT2D eigenvalue weighted by molar-refractivity contribution is 5.69. The van der Waals surface area contributed by atoms with Crippen LogP contribution in [-0.4, -0.2) is 17.7 Å². The average Bonchev–Trinajstić information content (AvgIpc) is 2.52. The van der Waals surface area contributed by atoms with Crippen molar-refractivity contribution in [2.75, 3.05) is 6.54 Å². The molecular formula is C9H9NO3. The fourth-order valence-corrected chi connectivity index (χ4v) is 1.30. The van der Waals surface area contributed by atoms with E-state index in [4.69, 9.17) is 4.74 Å². The van der Waals surface area contributed by atoms with Crippen molar-refractivity contribution in [2.24, 2.45) is 0 Å². The number of benzene rings is 1. The summed E-state index contributed by atoms with van der Waals surface area (Å²) in [5, 5.41) is 11.7. The van der Waals surface area contributed by atoms with Crippen LogP contribution in [0.2, 0.25) is 0 Å². The highest BCUT2D eigenvalue weighted by Gasteiger charge is 2.23. The number of cyclic esters (lactones) is 1. The van der Waals surface area contributed by atoms with Crippen molar-refractivity contribution in [3.63, 3.8) is 0 Å². The van der Waals surface area contributed by atoms with Gasteiger partial charge in [0, 0.05) is 0 Å². The lowest BCUT2D eigenvalue weighted by Gasteiger charge is -2.07. The van der Waals surface area contributed by atoms with Crippen molar-refractivity contribution >= 4 is 6.09 Å². The van der Waals surface area contributed by atoms with E-state index in [-0.39, 0.29) is 11.9 Å². The molecule has 1 atom stereocenters. The Balaban J connectivity index is 2.21. The van der Waals surface area contributed by atoms with Gasteiger partial charge in [0.1, 0.15) is 11.9 Å². The van der Waals surface area contributed by atoms with Gasteiger partial charge in [0.25, 0.3) is 0 Å². The second-order valence-electron chi connectivity index (χ2n) is 2.87. The number of phenolic OH excluding ortho intramolecular Hbond substituents is 1. The molecule has 0 aliphatic carbocycles. The van der Waals surface area contributed by atoms with Crippen LogP contribution in [0.15, 0.2) is 24.3 Å². The standard InChI is InChI=1S/C9H9NO3/c11-7-3-1-2-6(4-7)8-5-10-9(12)13-8/h1-4,8,11H,5H2,(H,10,12). The highest BCUT2D eigenvalue weighted by Crippen LogP contribution is 2.23. The molecule has 1 amide bonds. The second-order valence-corrected chi connectivity index (χ2v) is 2.87. The summed E-state index contributed by atoms with van der Waals surface area (Å²) in [5.74, 6) is 0.181. The maximum atomic E-state index is 10.7. The van der Waals surface area contributed by atoms with Gasteiger partial charge in [-0.2, -0.15) is 0 Å². The van der Waals surface area contributed by atoms with Gasteiger partial charge in [0.2, 0.25) is 0 Å². The summed E-state index contributed by atoms with van der Waals surface area (Å²) in [4.78, 5) is 10.7. The van der Waals surface area contributed by atoms with Crippen LogP contribution in [0.25, 0.3) is 0 Å². The lowest BCUT2D eigenvalue weighted by molar-refractivity contribution is 0.141. The molecule has 1 unspecified atom stereocenters. The van der Waals surface area contributed by atoms with Gasteiger partial charge in [-0.15, -0.1) is 0 Å². The lowest BCUT2D eigenvalue weighted by atomic mass is 10.1. The van der Waals surface area contributed by atoms with Gasteiger partial charge in [-0.25, -0.2) is 4.79 Å². The van der Waals surface area contributed by atoms with Gasteiger partial charge in [-0.3, -0.25) is 0 Å². The number of nitrogens with one attached hydrogen (secondary N) is 1. The van der Waals surface area contributed by atoms with E-state index in [1.54, 1.807) is 18.2 Å². The number of carbonyl (C=O) groups is 1. The zero-order valence-electron chi connectivity index (χ0n) is 6.86. The SMILES string of the molecule is O=C1NCC(c2cccc(O)c2)O1. The number of ether oxygens (including phenoxy) is 1. The Morgan fingerprint density at radius 2 is 2.38 bits per heavy atom.